The van der Waals surface area contributed by atoms with E-state index in [1.54, 1.807) is 0 Å². The summed E-state index contributed by atoms with van der Waals surface area (Å²) in [6, 6.07) is 10.2. The zero-order valence-corrected chi connectivity index (χ0v) is 18.3. The van der Waals surface area contributed by atoms with Gasteiger partial charge in [0, 0.05) is 29.6 Å². The molecule has 4 heterocycles. The number of aromatic nitrogens is 3. The fourth-order valence-electron chi connectivity index (χ4n) is 4.00. The first kappa shape index (κ1) is 18.6. The van der Waals surface area contributed by atoms with Crippen LogP contribution in [0.15, 0.2) is 36.7 Å². The summed E-state index contributed by atoms with van der Waals surface area (Å²) in [5, 5.41) is 4.68. The number of anilines is 2. The SMILES string of the molecule is CC(C)(C)C[Si]n1ccc2c(-c3ncc4c(n3)N3CCOCC3CN4)cccc21. The van der Waals surface area contributed by atoms with Crippen LogP contribution in [0.2, 0.25) is 6.04 Å². The maximum Gasteiger partial charge on any atom is 0.187 e. The molecule has 1 aromatic carbocycles. The minimum atomic E-state index is 0.329. The maximum absolute atomic E-state index is 5.65. The van der Waals surface area contributed by atoms with Crippen molar-refractivity contribution >= 4 is 32.1 Å². The zero-order chi connectivity index (χ0) is 20.0. The second kappa shape index (κ2) is 7.14. The third-order valence-corrected chi connectivity index (χ3v) is 7.50. The lowest BCUT2D eigenvalue weighted by Crippen LogP contribution is -2.52. The van der Waals surface area contributed by atoms with Gasteiger partial charge in [-0.3, -0.25) is 0 Å². The van der Waals surface area contributed by atoms with Crippen molar-refractivity contribution in [2.24, 2.45) is 5.41 Å². The first-order chi connectivity index (χ1) is 14.0. The van der Waals surface area contributed by atoms with Gasteiger partial charge in [-0.15, -0.1) is 0 Å². The molecule has 6 nitrogen and oxygen atoms in total. The molecule has 2 aliphatic heterocycles. The maximum atomic E-state index is 5.65. The second-order valence-corrected chi connectivity index (χ2v) is 10.2. The van der Waals surface area contributed by atoms with E-state index >= 15 is 0 Å². The lowest BCUT2D eigenvalue weighted by molar-refractivity contribution is 0.0959. The predicted molar refractivity (Wildman–Crippen MR) is 119 cm³/mol. The summed E-state index contributed by atoms with van der Waals surface area (Å²) < 4.78 is 8.03. The van der Waals surface area contributed by atoms with Gasteiger partial charge in [-0.25, -0.2) is 9.97 Å². The van der Waals surface area contributed by atoms with Crippen molar-refractivity contribution in [1.82, 2.24) is 14.2 Å². The monoisotopic (exact) mass is 405 g/mol. The van der Waals surface area contributed by atoms with Gasteiger partial charge in [-0.05, 0) is 29.8 Å². The molecule has 0 bridgehead atoms. The molecule has 1 N–H and O–H groups in total. The third-order valence-electron chi connectivity index (χ3n) is 5.55. The van der Waals surface area contributed by atoms with Gasteiger partial charge in [-0.2, -0.15) is 0 Å². The van der Waals surface area contributed by atoms with Gasteiger partial charge in [0.05, 0.1) is 31.1 Å². The van der Waals surface area contributed by atoms with Crippen molar-refractivity contribution in [3.63, 3.8) is 0 Å². The quantitative estimate of drug-likeness (QED) is 0.674. The summed E-state index contributed by atoms with van der Waals surface area (Å²) in [4.78, 5) is 12.1. The molecule has 1 saturated heterocycles. The van der Waals surface area contributed by atoms with Crippen LogP contribution in [0.1, 0.15) is 20.8 Å². The van der Waals surface area contributed by atoms with Crippen molar-refractivity contribution in [2.75, 3.05) is 36.5 Å². The van der Waals surface area contributed by atoms with Gasteiger partial charge in [0.15, 0.2) is 21.3 Å². The number of nitrogens with zero attached hydrogens (tertiary/aromatic N) is 4. The minimum Gasteiger partial charge on any atom is -0.379 e. The fourth-order valence-corrected chi connectivity index (χ4v) is 5.19. The van der Waals surface area contributed by atoms with Crippen LogP contribution in [0.4, 0.5) is 11.5 Å². The van der Waals surface area contributed by atoms with E-state index in [9.17, 15) is 0 Å². The number of ether oxygens (including phenoxy) is 1. The van der Waals surface area contributed by atoms with Gasteiger partial charge < -0.3 is 19.2 Å². The number of hydrogen-bond acceptors (Lipinski definition) is 5. The molecule has 7 heteroatoms. The molecule has 0 aliphatic carbocycles. The van der Waals surface area contributed by atoms with E-state index in [-0.39, 0.29) is 0 Å². The van der Waals surface area contributed by atoms with E-state index in [2.05, 4.69) is 65.7 Å². The molecule has 1 atom stereocenters. The van der Waals surface area contributed by atoms with Crippen LogP contribution in [0.5, 0.6) is 0 Å². The highest BCUT2D eigenvalue weighted by Crippen LogP contribution is 2.34. The number of morpholine rings is 1. The van der Waals surface area contributed by atoms with Crippen LogP contribution in [0.25, 0.3) is 22.3 Å². The number of nitrogens with one attached hydrogen (secondary N) is 1. The lowest BCUT2D eigenvalue weighted by Gasteiger charge is -2.41. The Morgan fingerprint density at radius 1 is 1.28 bits per heavy atom. The molecule has 2 aromatic heterocycles. The first-order valence-corrected chi connectivity index (χ1v) is 11.4. The van der Waals surface area contributed by atoms with Crippen LogP contribution < -0.4 is 10.2 Å². The molecule has 1 fully saturated rings. The molecular formula is C22H27N5OSi. The van der Waals surface area contributed by atoms with Crippen LogP contribution in [-0.4, -0.2) is 56.2 Å². The molecule has 3 aromatic rings. The number of rotatable bonds is 3. The van der Waals surface area contributed by atoms with Crippen LogP contribution in [0, 0.1) is 5.41 Å². The lowest BCUT2D eigenvalue weighted by atomic mass is 10.0. The molecule has 150 valence electrons. The first-order valence-electron chi connectivity index (χ1n) is 10.3. The summed E-state index contributed by atoms with van der Waals surface area (Å²) in [7, 11) is 0.737. The van der Waals surface area contributed by atoms with Crippen molar-refractivity contribution in [1.29, 1.82) is 0 Å². The molecule has 0 spiro atoms. The van der Waals surface area contributed by atoms with E-state index in [1.165, 1.54) is 16.9 Å². The molecule has 2 aliphatic rings. The highest BCUT2D eigenvalue weighted by atomic mass is 28.2. The van der Waals surface area contributed by atoms with E-state index in [0.717, 1.165) is 58.9 Å². The third kappa shape index (κ3) is 3.53. The van der Waals surface area contributed by atoms with Crippen molar-refractivity contribution < 1.29 is 4.74 Å². The molecule has 1 unspecified atom stereocenters. The van der Waals surface area contributed by atoms with Gasteiger partial charge in [0.1, 0.15) is 0 Å². The Morgan fingerprint density at radius 2 is 2.17 bits per heavy atom. The molecular weight excluding hydrogens is 378 g/mol. The summed E-state index contributed by atoms with van der Waals surface area (Å²) in [6.07, 6.45) is 4.14. The van der Waals surface area contributed by atoms with Gasteiger partial charge in [0.25, 0.3) is 0 Å². The standard InChI is InChI=1S/C22H27N5OSi/c1-22(2,3)14-29-27-8-7-16-17(5-4-6-19(16)27)20-24-12-18-21(25-20)26-9-10-28-13-15(26)11-23-18/h4-8,12,15,23H,9-11,13-14H2,1-3H3. The second-order valence-electron chi connectivity index (χ2n) is 9.05. The Hall–Kier alpha value is -2.38. The fraction of sp³-hybridized carbons (Fsp3) is 0.455. The largest absolute Gasteiger partial charge is 0.379 e. The summed E-state index contributed by atoms with van der Waals surface area (Å²) >= 11 is 0. The van der Waals surface area contributed by atoms with Crippen molar-refractivity contribution in [3.8, 4) is 11.4 Å². The topological polar surface area (TPSA) is 55.2 Å². The van der Waals surface area contributed by atoms with Crippen LogP contribution >= 0.6 is 0 Å². The van der Waals surface area contributed by atoms with E-state index in [0.29, 0.717) is 11.5 Å². The highest BCUT2D eigenvalue weighted by Gasteiger charge is 2.30. The Bertz CT molecular complexity index is 1040. The Labute approximate surface area is 174 Å². The Balaban J connectivity index is 1.52. The zero-order valence-electron chi connectivity index (χ0n) is 17.3. The summed E-state index contributed by atoms with van der Waals surface area (Å²) in [5.41, 5.74) is 3.70. The number of fused-ring (bicyclic) bond motifs is 4. The van der Waals surface area contributed by atoms with Crippen LogP contribution in [0.3, 0.4) is 0 Å². The summed E-state index contributed by atoms with van der Waals surface area (Å²) in [6.45, 7) is 10.1. The molecule has 0 amide bonds. The molecule has 2 radical (unpaired) electrons. The predicted octanol–water partition coefficient (Wildman–Crippen LogP) is 3.66. The Kier molecular flexibility index (Phi) is 4.59. The van der Waals surface area contributed by atoms with E-state index in [4.69, 9.17) is 14.7 Å². The van der Waals surface area contributed by atoms with Gasteiger partial charge in [-0.1, -0.05) is 32.9 Å². The highest BCUT2D eigenvalue weighted by molar-refractivity contribution is 6.36. The van der Waals surface area contributed by atoms with E-state index in [1.807, 2.05) is 6.20 Å². The average Bonchev–Trinajstić information content (AvgIpc) is 3.14. The Morgan fingerprint density at radius 3 is 3.03 bits per heavy atom. The molecule has 5 rings (SSSR count). The van der Waals surface area contributed by atoms with Crippen molar-refractivity contribution in [3.05, 3.63) is 36.7 Å². The van der Waals surface area contributed by atoms with Gasteiger partial charge in [0.2, 0.25) is 0 Å². The smallest absolute Gasteiger partial charge is 0.187 e. The van der Waals surface area contributed by atoms with Crippen LogP contribution in [-0.2, 0) is 4.74 Å². The number of hydrogen-bond donors (Lipinski definition) is 1. The average molecular weight is 406 g/mol. The summed E-state index contributed by atoms with van der Waals surface area (Å²) in [5.74, 6) is 1.79. The van der Waals surface area contributed by atoms with E-state index < -0.39 is 0 Å². The van der Waals surface area contributed by atoms with Crippen molar-refractivity contribution in [2.45, 2.75) is 32.9 Å². The minimum absolute atomic E-state index is 0.329. The van der Waals surface area contributed by atoms with Gasteiger partial charge >= 0.3 is 0 Å². The normalized spacial score (nSPS) is 19.0. The number of benzene rings is 1. The molecule has 29 heavy (non-hydrogen) atoms. The molecule has 0 saturated carbocycles.